The highest BCUT2D eigenvalue weighted by Gasteiger charge is 2.44. The van der Waals surface area contributed by atoms with Gasteiger partial charge in [0, 0.05) is 18.6 Å². The number of fused-ring (bicyclic) bond motifs is 2. The molecule has 2 N–H and O–H groups in total. The molecule has 5 unspecified atom stereocenters. The molecule has 2 aliphatic carbocycles. The van der Waals surface area contributed by atoms with Gasteiger partial charge in [-0.3, -0.25) is 4.90 Å². The molecule has 1 aliphatic heterocycles. The lowest BCUT2D eigenvalue weighted by Gasteiger charge is -2.44. The molecule has 3 aliphatic rings. The number of rotatable bonds is 2. The third-order valence-corrected chi connectivity index (χ3v) is 5.49. The Bertz CT molecular complexity index is 253. The molecule has 16 heavy (non-hydrogen) atoms. The highest BCUT2D eigenvalue weighted by Crippen LogP contribution is 2.47. The smallest absolute Gasteiger partial charge is 0.0129 e. The second-order valence-corrected chi connectivity index (χ2v) is 6.47. The summed E-state index contributed by atoms with van der Waals surface area (Å²) < 4.78 is 0. The minimum Gasteiger partial charge on any atom is -0.330 e. The predicted octanol–water partition coefficient (Wildman–Crippen LogP) is 2.23. The summed E-state index contributed by atoms with van der Waals surface area (Å²) in [5, 5.41) is 0. The van der Waals surface area contributed by atoms with Crippen molar-refractivity contribution in [2.24, 2.45) is 23.5 Å². The fourth-order valence-electron chi connectivity index (χ4n) is 4.48. The Morgan fingerprint density at radius 2 is 2.00 bits per heavy atom. The van der Waals surface area contributed by atoms with Crippen LogP contribution in [0.3, 0.4) is 0 Å². The Hall–Kier alpha value is -0.0800. The number of nitrogens with two attached hydrogens (primary N) is 1. The van der Waals surface area contributed by atoms with E-state index in [1.54, 1.807) is 0 Å². The van der Waals surface area contributed by atoms with E-state index >= 15 is 0 Å². The molecule has 0 spiro atoms. The number of hydrogen-bond acceptors (Lipinski definition) is 2. The summed E-state index contributed by atoms with van der Waals surface area (Å²) in [5.74, 6) is 2.87. The van der Waals surface area contributed by atoms with Crippen LogP contribution in [-0.2, 0) is 0 Å². The van der Waals surface area contributed by atoms with Gasteiger partial charge < -0.3 is 5.73 Å². The van der Waals surface area contributed by atoms with Gasteiger partial charge in [0.25, 0.3) is 0 Å². The van der Waals surface area contributed by atoms with Crippen molar-refractivity contribution >= 4 is 0 Å². The topological polar surface area (TPSA) is 29.3 Å². The Morgan fingerprint density at radius 1 is 1.12 bits per heavy atom. The van der Waals surface area contributed by atoms with E-state index < -0.39 is 0 Å². The summed E-state index contributed by atoms with van der Waals surface area (Å²) in [6.45, 7) is 4.61. The van der Waals surface area contributed by atoms with E-state index in [2.05, 4.69) is 11.8 Å². The van der Waals surface area contributed by atoms with Crippen LogP contribution < -0.4 is 5.73 Å². The molecule has 2 saturated carbocycles. The average molecular weight is 222 g/mol. The van der Waals surface area contributed by atoms with Crippen LogP contribution in [0.25, 0.3) is 0 Å². The molecule has 0 aromatic rings. The number of nitrogens with zero attached hydrogens (tertiary/aromatic N) is 1. The second kappa shape index (κ2) is 4.30. The largest absolute Gasteiger partial charge is 0.330 e. The van der Waals surface area contributed by atoms with Crippen molar-refractivity contribution in [3.8, 4) is 0 Å². The standard InChI is InChI=1S/C14H26N2/c1-10-2-3-12(8-15)9-16(10)14-7-11-4-5-13(14)6-11/h10-14H,2-9,15H2,1H3. The highest BCUT2D eigenvalue weighted by molar-refractivity contribution is 4.98. The molecule has 0 radical (unpaired) electrons. The van der Waals surface area contributed by atoms with Crippen LogP contribution >= 0.6 is 0 Å². The minimum atomic E-state index is 0.773. The Morgan fingerprint density at radius 3 is 2.62 bits per heavy atom. The van der Waals surface area contributed by atoms with Gasteiger partial charge in [0.1, 0.15) is 0 Å². The SMILES string of the molecule is CC1CCC(CN)CN1C1CC2CCC1C2. The second-order valence-electron chi connectivity index (χ2n) is 6.47. The zero-order valence-electron chi connectivity index (χ0n) is 10.6. The van der Waals surface area contributed by atoms with E-state index in [4.69, 9.17) is 5.73 Å². The molecule has 1 heterocycles. The maximum Gasteiger partial charge on any atom is 0.0129 e. The van der Waals surface area contributed by atoms with Crippen LogP contribution in [0.2, 0.25) is 0 Å². The van der Waals surface area contributed by atoms with Crippen LogP contribution in [0.5, 0.6) is 0 Å². The van der Waals surface area contributed by atoms with Crippen LogP contribution in [0.4, 0.5) is 0 Å². The van der Waals surface area contributed by atoms with Crippen LogP contribution in [0.1, 0.15) is 45.4 Å². The molecule has 3 rings (SSSR count). The van der Waals surface area contributed by atoms with Crippen LogP contribution in [0, 0.1) is 17.8 Å². The Balaban J connectivity index is 1.68. The van der Waals surface area contributed by atoms with Crippen molar-refractivity contribution in [2.45, 2.75) is 57.5 Å². The van der Waals surface area contributed by atoms with Crippen molar-refractivity contribution < 1.29 is 0 Å². The fourth-order valence-corrected chi connectivity index (χ4v) is 4.48. The lowest BCUT2D eigenvalue weighted by atomic mass is 9.87. The van der Waals surface area contributed by atoms with Gasteiger partial charge >= 0.3 is 0 Å². The summed E-state index contributed by atoms with van der Waals surface area (Å²) in [7, 11) is 0. The molecular formula is C14H26N2. The van der Waals surface area contributed by atoms with E-state index in [1.807, 2.05) is 0 Å². The van der Waals surface area contributed by atoms with Crippen molar-refractivity contribution in [2.75, 3.05) is 13.1 Å². The summed E-state index contributed by atoms with van der Waals surface area (Å²) in [5.41, 5.74) is 5.86. The molecule has 92 valence electrons. The zero-order valence-corrected chi connectivity index (χ0v) is 10.6. The van der Waals surface area contributed by atoms with E-state index in [1.165, 1.54) is 45.1 Å². The van der Waals surface area contributed by atoms with Crippen molar-refractivity contribution in [1.29, 1.82) is 0 Å². The monoisotopic (exact) mass is 222 g/mol. The summed E-state index contributed by atoms with van der Waals surface area (Å²) in [4.78, 5) is 2.82. The molecule has 2 nitrogen and oxygen atoms in total. The molecular weight excluding hydrogens is 196 g/mol. The van der Waals surface area contributed by atoms with Gasteiger partial charge in [-0.25, -0.2) is 0 Å². The van der Waals surface area contributed by atoms with Crippen LogP contribution in [-0.4, -0.2) is 30.1 Å². The van der Waals surface area contributed by atoms with E-state index in [0.29, 0.717) is 0 Å². The molecule has 2 bridgehead atoms. The zero-order chi connectivity index (χ0) is 11.1. The van der Waals surface area contributed by atoms with Gasteiger partial charge in [-0.15, -0.1) is 0 Å². The molecule has 5 atom stereocenters. The predicted molar refractivity (Wildman–Crippen MR) is 67.2 cm³/mol. The van der Waals surface area contributed by atoms with Crippen molar-refractivity contribution in [3.63, 3.8) is 0 Å². The first-order valence-electron chi connectivity index (χ1n) is 7.23. The molecule has 1 saturated heterocycles. The Kier molecular flexibility index (Phi) is 2.97. The Labute approximate surface area is 99.6 Å². The first-order valence-corrected chi connectivity index (χ1v) is 7.23. The maximum atomic E-state index is 5.86. The molecule has 0 aromatic heterocycles. The summed E-state index contributed by atoms with van der Waals surface area (Å²) in [6.07, 6.45) is 8.77. The average Bonchev–Trinajstić information content (AvgIpc) is 2.91. The lowest BCUT2D eigenvalue weighted by Crippen LogP contribution is -2.50. The molecule has 2 heteroatoms. The normalized spacial score (nSPS) is 48.8. The molecule has 0 amide bonds. The minimum absolute atomic E-state index is 0.773. The van der Waals surface area contributed by atoms with Gasteiger partial charge in [0.2, 0.25) is 0 Å². The van der Waals surface area contributed by atoms with E-state index in [9.17, 15) is 0 Å². The summed E-state index contributed by atoms with van der Waals surface area (Å²) in [6, 6.07) is 1.73. The maximum absolute atomic E-state index is 5.86. The van der Waals surface area contributed by atoms with Gasteiger partial charge in [-0.05, 0) is 63.3 Å². The highest BCUT2D eigenvalue weighted by atomic mass is 15.2. The lowest BCUT2D eigenvalue weighted by molar-refractivity contribution is 0.0470. The van der Waals surface area contributed by atoms with Gasteiger partial charge in [0.05, 0.1) is 0 Å². The number of hydrogen-bond donors (Lipinski definition) is 1. The molecule has 3 fully saturated rings. The van der Waals surface area contributed by atoms with Crippen LogP contribution in [0.15, 0.2) is 0 Å². The van der Waals surface area contributed by atoms with E-state index in [-0.39, 0.29) is 0 Å². The summed E-state index contributed by atoms with van der Waals surface area (Å²) >= 11 is 0. The number of likely N-dealkylation sites (tertiary alicyclic amines) is 1. The van der Waals surface area contributed by atoms with Gasteiger partial charge in [0.15, 0.2) is 0 Å². The first kappa shape index (κ1) is 11.0. The fraction of sp³-hybridized carbons (Fsp3) is 1.00. The van der Waals surface area contributed by atoms with Gasteiger partial charge in [-0.1, -0.05) is 6.42 Å². The third-order valence-electron chi connectivity index (χ3n) is 5.49. The first-order chi connectivity index (χ1) is 7.78. The molecule has 0 aromatic carbocycles. The van der Waals surface area contributed by atoms with Crippen molar-refractivity contribution in [1.82, 2.24) is 4.90 Å². The number of piperidine rings is 1. The van der Waals surface area contributed by atoms with E-state index in [0.717, 1.165) is 36.4 Å². The van der Waals surface area contributed by atoms with Crippen molar-refractivity contribution in [3.05, 3.63) is 0 Å². The third kappa shape index (κ3) is 1.80. The van der Waals surface area contributed by atoms with Gasteiger partial charge in [-0.2, -0.15) is 0 Å². The quantitative estimate of drug-likeness (QED) is 0.776.